The molecule has 2 aromatic heterocycles. The number of aromatic nitrogens is 3. The predicted octanol–water partition coefficient (Wildman–Crippen LogP) is 2.44. The standard InChI is InChI=1S/C26H28F3N7O3/c1-26-7-13(6-16(27)22(26)31-8-15(26)23(37)30-2)20-18(29)10-36-21(20)24(38-3)33-25(34-36)32-19-4-5-35(9-17(19)28)14-11-39-12-14/h6-8,10,14,17,19H,4-5,9,11-12H2,1-3H3,(H,30,37)(H,32,34)/t17-,19-,26?/m0/s1. The molecule has 1 aliphatic carbocycles. The van der Waals surface area contributed by atoms with Crippen LogP contribution in [0.5, 0.6) is 5.88 Å². The Bertz CT molecular complexity index is 1480. The van der Waals surface area contributed by atoms with E-state index in [1.807, 2.05) is 0 Å². The maximum atomic E-state index is 15.5. The Balaban J connectivity index is 1.33. The number of allylic oxidation sites excluding steroid dienone is 4. The Hall–Kier alpha value is -3.71. The van der Waals surface area contributed by atoms with Gasteiger partial charge in [-0.25, -0.2) is 17.7 Å². The zero-order valence-corrected chi connectivity index (χ0v) is 21.7. The van der Waals surface area contributed by atoms with Gasteiger partial charge in [0.25, 0.3) is 0 Å². The van der Waals surface area contributed by atoms with E-state index >= 15 is 13.2 Å². The smallest absolute Gasteiger partial charge is 0.249 e. The third-order valence-corrected chi connectivity index (χ3v) is 7.86. The van der Waals surface area contributed by atoms with Crippen molar-refractivity contribution in [3.05, 3.63) is 47.3 Å². The van der Waals surface area contributed by atoms with Crippen LogP contribution >= 0.6 is 0 Å². The third kappa shape index (κ3) is 4.11. The number of anilines is 1. The Morgan fingerprint density at radius 2 is 2.10 bits per heavy atom. The minimum Gasteiger partial charge on any atom is -0.479 e. The van der Waals surface area contributed by atoms with Crippen molar-refractivity contribution in [1.29, 1.82) is 0 Å². The summed E-state index contributed by atoms with van der Waals surface area (Å²) in [7, 11) is 2.84. The zero-order valence-electron chi connectivity index (χ0n) is 21.7. The fraction of sp³-hybridized carbons (Fsp3) is 0.462. The number of ether oxygens (including phenoxy) is 2. The molecule has 39 heavy (non-hydrogen) atoms. The number of carbonyl (C=O) groups excluding carboxylic acids is 1. The van der Waals surface area contributed by atoms with Crippen LogP contribution in [-0.4, -0.2) is 89.8 Å². The van der Waals surface area contributed by atoms with E-state index in [2.05, 4.69) is 30.6 Å². The highest BCUT2D eigenvalue weighted by molar-refractivity contribution is 6.18. The molecule has 0 saturated carbocycles. The summed E-state index contributed by atoms with van der Waals surface area (Å²) >= 11 is 0. The van der Waals surface area contributed by atoms with Crippen LogP contribution in [0.1, 0.15) is 18.9 Å². The average Bonchev–Trinajstić information content (AvgIpc) is 3.39. The van der Waals surface area contributed by atoms with Crippen molar-refractivity contribution in [2.75, 3.05) is 45.8 Å². The minimum atomic E-state index is -1.21. The second-order valence-corrected chi connectivity index (χ2v) is 10.2. The number of likely N-dealkylation sites (tertiary alicyclic amines) is 1. The number of hydrogen-bond acceptors (Lipinski definition) is 8. The maximum absolute atomic E-state index is 15.5. The Labute approximate surface area is 222 Å². The zero-order chi connectivity index (χ0) is 27.5. The lowest BCUT2D eigenvalue weighted by Crippen LogP contribution is -2.57. The lowest BCUT2D eigenvalue weighted by Gasteiger charge is -2.42. The van der Waals surface area contributed by atoms with Gasteiger partial charge < -0.3 is 20.1 Å². The summed E-state index contributed by atoms with van der Waals surface area (Å²) in [5.74, 6) is -1.69. The average molecular weight is 544 g/mol. The number of rotatable bonds is 6. The molecule has 3 atom stereocenters. The van der Waals surface area contributed by atoms with Crippen LogP contribution in [-0.2, 0) is 9.53 Å². The number of likely N-dealkylation sites (N-methyl/N-ethyl adjacent to an activating group) is 1. The van der Waals surface area contributed by atoms with Crippen molar-refractivity contribution in [2.24, 2.45) is 10.4 Å². The number of piperidine rings is 1. The molecule has 0 radical (unpaired) electrons. The number of carbonyl (C=O) groups is 1. The third-order valence-electron chi connectivity index (χ3n) is 7.86. The monoisotopic (exact) mass is 543 g/mol. The van der Waals surface area contributed by atoms with Crippen LogP contribution < -0.4 is 15.4 Å². The number of fused-ring (bicyclic) bond motifs is 2. The van der Waals surface area contributed by atoms with Crippen LogP contribution in [0.25, 0.3) is 11.1 Å². The van der Waals surface area contributed by atoms with Crippen LogP contribution in [0.2, 0.25) is 0 Å². The maximum Gasteiger partial charge on any atom is 0.249 e. The van der Waals surface area contributed by atoms with E-state index < -0.39 is 35.2 Å². The van der Waals surface area contributed by atoms with Gasteiger partial charge in [0.1, 0.15) is 17.5 Å². The first-order chi connectivity index (χ1) is 18.7. The highest BCUT2D eigenvalue weighted by Crippen LogP contribution is 2.46. The number of nitrogens with zero attached hydrogens (tertiary/aromatic N) is 5. The van der Waals surface area contributed by atoms with Crippen LogP contribution in [0.3, 0.4) is 0 Å². The first-order valence-electron chi connectivity index (χ1n) is 12.7. The molecule has 13 heteroatoms. The van der Waals surface area contributed by atoms with Crippen molar-refractivity contribution in [3.8, 4) is 5.88 Å². The van der Waals surface area contributed by atoms with Gasteiger partial charge >= 0.3 is 0 Å². The number of aliphatic imine (C=N–C) groups is 1. The van der Waals surface area contributed by atoms with Crippen molar-refractivity contribution in [3.63, 3.8) is 0 Å². The van der Waals surface area contributed by atoms with E-state index in [0.717, 1.165) is 6.20 Å². The van der Waals surface area contributed by atoms with Gasteiger partial charge in [-0.2, -0.15) is 4.98 Å². The fourth-order valence-corrected chi connectivity index (χ4v) is 5.63. The van der Waals surface area contributed by atoms with Gasteiger partial charge in [-0.1, -0.05) is 6.08 Å². The second kappa shape index (κ2) is 9.49. The molecule has 2 saturated heterocycles. The molecule has 1 amide bonds. The first kappa shape index (κ1) is 25.6. The molecule has 1 unspecified atom stereocenters. The molecule has 10 nitrogen and oxygen atoms in total. The molecule has 6 rings (SSSR count). The van der Waals surface area contributed by atoms with E-state index in [4.69, 9.17) is 9.47 Å². The van der Waals surface area contributed by atoms with E-state index in [0.29, 0.717) is 26.2 Å². The largest absolute Gasteiger partial charge is 0.479 e. The summed E-state index contributed by atoms with van der Waals surface area (Å²) in [6.07, 6.45) is 4.59. The Morgan fingerprint density at radius 3 is 2.77 bits per heavy atom. The van der Waals surface area contributed by atoms with E-state index in [9.17, 15) is 4.79 Å². The molecule has 2 N–H and O–H groups in total. The number of alkyl halides is 1. The molecule has 3 aliphatic heterocycles. The van der Waals surface area contributed by atoms with E-state index in [1.165, 1.54) is 30.9 Å². The second-order valence-electron chi connectivity index (χ2n) is 10.2. The van der Waals surface area contributed by atoms with Crippen molar-refractivity contribution < 1.29 is 27.4 Å². The fourth-order valence-electron chi connectivity index (χ4n) is 5.63. The van der Waals surface area contributed by atoms with Crippen LogP contribution in [0.15, 0.2) is 40.9 Å². The SMILES string of the molecule is CNC(=O)C1=CN=C2C(F)=CC(c3c(F)cn4nc(N[C@H]5CCN(C6COC6)C[C@@H]5F)nc(OC)c34)=CC12C. The lowest BCUT2D eigenvalue weighted by atomic mass is 9.73. The normalized spacial score (nSPS) is 27.2. The van der Waals surface area contributed by atoms with Crippen molar-refractivity contribution >= 4 is 28.7 Å². The molecule has 2 aromatic rings. The van der Waals surface area contributed by atoms with E-state index in [1.54, 1.807) is 13.0 Å². The summed E-state index contributed by atoms with van der Waals surface area (Å²) in [5.41, 5.74) is -0.543. The summed E-state index contributed by atoms with van der Waals surface area (Å²) in [5, 5.41) is 9.93. The lowest BCUT2D eigenvalue weighted by molar-refractivity contribution is -0.117. The highest BCUT2D eigenvalue weighted by atomic mass is 19.1. The molecule has 0 spiro atoms. The topological polar surface area (TPSA) is 105 Å². The van der Waals surface area contributed by atoms with Gasteiger partial charge in [-0.15, -0.1) is 5.10 Å². The Kier molecular flexibility index (Phi) is 6.22. The van der Waals surface area contributed by atoms with Gasteiger partial charge in [0.2, 0.25) is 17.7 Å². The molecular weight excluding hydrogens is 515 g/mol. The number of hydrogen-bond donors (Lipinski definition) is 2. The molecule has 2 fully saturated rings. The summed E-state index contributed by atoms with van der Waals surface area (Å²) in [4.78, 5) is 23.0. The van der Waals surface area contributed by atoms with Crippen molar-refractivity contribution in [2.45, 2.75) is 31.6 Å². The van der Waals surface area contributed by atoms with Crippen molar-refractivity contribution in [1.82, 2.24) is 24.8 Å². The van der Waals surface area contributed by atoms with Crippen LogP contribution in [0.4, 0.5) is 19.1 Å². The number of methoxy groups -OCH3 is 1. The predicted molar refractivity (Wildman–Crippen MR) is 137 cm³/mol. The van der Waals surface area contributed by atoms with E-state index in [-0.39, 0.29) is 52.4 Å². The number of amides is 1. The molecule has 206 valence electrons. The minimum absolute atomic E-state index is 0.0105. The highest BCUT2D eigenvalue weighted by Gasteiger charge is 2.44. The van der Waals surface area contributed by atoms with Gasteiger partial charge in [0.05, 0.1) is 60.9 Å². The summed E-state index contributed by atoms with van der Waals surface area (Å²) < 4.78 is 57.7. The first-order valence-corrected chi connectivity index (χ1v) is 12.7. The molecular formula is C26H28F3N7O3. The molecule has 5 heterocycles. The van der Waals surface area contributed by atoms with Gasteiger partial charge in [-0.3, -0.25) is 14.7 Å². The molecule has 0 aromatic carbocycles. The number of halogens is 3. The van der Waals surface area contributed by atoms with Crippen LogP contribution in [0, 0.1) is 11.2 Å². The quantitative estimate of drug-likeness (QED) is 0.577. The Morgan fingerprint density at radius 1 is 1.31 bits per heavy atom. The van der Waals surface area contributed by atoms with Gasteiger partial charge in [0, 0.05) is 26.3 Å². The molecule has 4 aliphatic rings. The summed E-state index contributed by atoms with van der Waals surface area (Å²) in [6, 6.07) is -0.278. The van der Waals surface area contributed by atoms with Gasteiger partial charge in [-0.05, 0) is 25.0 Å². The number of nitrogens with one attached hydrogen (secondary N) is 2. The molecule has 0 bridgehead atoms. The van der Waals surface area contributed by atoms with Gasteiger partial charge in [0.15, 0.2) is 5.82 Å². The summed E-state index contributed by atoms with van der Waals surface area (Å²) in [6.45, 7) is 3.87.